The van der Waals surface area contributed by atoms with E-state index in [-0.39, 0.29) is 6.61 Å². The van der Waals surface area contributed by atoms with E-state index in [1.807, 2.05) is 0 Å². The number of nitrogens with zero attached hydrogens (tertiary/aromatic N) is 2. The standard InChI is InChI=1S/C23H30N2O2/c26-18-22-17-25(16-21(22)15-24-10-12-27-13-11-24)14-20-8-4-5-9-23(20)19-6-2-1-3-7-19/h1-9,21-22,26H,10-18H2/t21-,22-/m1/s1. The molecule has 2 atom stereocenters. The molecule has 1 N–H and O–H groups in total. The monoisotopic (exact) mass is 366 g/mol. The molecule has 0 bridgehead atoms. The van der Waals surface area contributed by atoms with Gasteiger partial charge in [0.15, 0.2) is 0 Å². The second kappa shape index (κ2) is 8.98. The largest absolute Gasteiger partial charge is 0.396 e. The zero-order valence-electron chi connectivity index (χ0n) is 16.0. The molecule has 2 aromatic carbocycles. The van der Waals surface area contributed by atoms with Crippen LogP contribution in [0.2, 0.25) is 0 Å². The highest BCUT2D eigenvalue weighted by Gasteiger charge is 2.33. The van der Waals surface area contributed by atoms with Gasteiger partial charge in [-0.1, -0.05) is 54.6 Å². The maximum Gasteiger partial charge on any atom is 0.0594 e. The third-order valence-corrected chi connectivity index (χ3v) is 5.98. The first-order valence-electron chi connectivity index (χ1n) is 10.1. The number of benzene rings is 2. The van der Waals surface area contributed by atoms with Gasteiger partial charge in [0.2, 0.25) is 0 Å². The molecule has 144 valence electrons. The molecular weight excluding hydrogens is 336 g/mol. The van der Waals surface area contributed by atoms with E-state index in [9.17, 15) is 5.11 Å². The average Bonchev–Trinajstić information content (AvgIpc) is 3.11. The minimum Gasteiger partial charge on any atom is -0.396 e. The van der Waals surface area contributed by atoms with Crippen LogP contribution in [0.1, 0.15) is 5.56 Å². The van der Waals surface area contributed by atoms with Gasteiger partial charge in [0, 0.05) is 45.9 Å². The summed E-state index contributed by atoms with van der Waals surface area (Å²) in [5, 5.41) is 9.91. The second-order valence-electron chi connectivity index (χ2n) is 7.83. The Kier molecular flexibility index (Phi) is 6.20. The first-order valence-corrected chi connectivity index (χ1v) is 10.1. The number of aliphatic hydroxyl groups excluding tert-OH is 1. The van der Waals surface area contributed by atoms with Crippen LogP contribution in [-0.4, -0.2) is 67.5 Å². The van der Waals surface area contributed by atoms with Crippen LogP contribution >= 0.6 is 0 Å². The Morgan fingerprint density at radius 3 is 2.33 bits per heavy atom. The Hall–Kier alpha value is -1.72. The van der Waals surface area contributed by atoms with Crippen molar-refractivity contribution < 1.29 is 9.84 Å². The molecule has 0 saturated carbocycles. The summed E-state index contributed by atoms with van der Waals surface area (Å²) in [6, 6.07) is 19.3. The van der Waals surface area contributed by atoms with E-state index in [4.69, 9.17) is 4.74 Å². The molecule has 2 aliphatic heterocycles. The molecule has 0 radical (unpaired) electrons. The Morgan fingerprint density at radius 2 is 1.56 bits per heavy atom. The highest BCUT2D eigenvalue weighted by Crippen LogP contribution is 2.29. The van der Waals surface area contributed by atoms with E-state index in [1.54, 1.807) is 0 Å². The number of morpholine rings is 1. The van der Waals surface area contributed by atoms with Crippen LogP contribution in [0, 0.1) is 11.8 Å². The van der Waals surface area contributed by atoms with Crippen molar-refractivity contribution in [2.75, 3.05) is 52.5 Å². The molecule has 27 heavy (non-hydrogen) atoms. The van der Waals surface area contributed by atoms with Gasteiger partial charge in [-0.05, 0) is 28.5 Å². The number of aliphatic hydroxyl groups is 1. The van der Waals surface area contributed by atoms with Crippen LogP contribution in [-0.2, 0) is 11.3 Å². The molecule has 4 heteroatoms. The zero-order chi connectivity index (χ0) is 18.5. The molecule has 0 aromatic heterocycles. The summed E-state index contributed by atoms with van der Waals surface area (Å²) in [5.74, 6) is 0.911. The number of rotatable bonds is 6. The van der Waals surface area contributed by atoms with Gasteiger partial charge in [-0.3, -0.25) is 9.80 Å². The third kappa shape index (κ3) is 4.58. The van der Waals surface area contributed by atoms with Crippen LogP contribution in [0.3, 0.4) is 0 Å². The first-order chi connectivity index (χ1) is 13.3. The van der Waals surface area contributed by atoms with Gasteiger partial charge in [0.05, 0.1) is 13.2 Å². The minimum absolute atomic E-state index is 0.284. The maximum atomic E-state index is 9.91. The molecule has 2 aromatic rings. The lowest BCUT2D eigenvalue weighted by molar-refractivity contribution is 0.0264. The molecule has 0 spiro atoms. The van der Waals surface area contributed by atoms with E-state index < -0.39 is 0 Å². The Morgan fingerprint density at radius 1 is 0.852 bits per heavy atom. The highest BCUT2D eigenvalue weighted by molar-refractivity contribution is 5.67. The Balaban J connectivity index is 1.44. The first kappa shape index (κ1) is 18.6. The van der Waals surface area contributed by atoms with Gasteiger partial charge in [-0.2, -0.15) is 0 Å². The normalized spacial score (nSPS) is 24.3. The molecule has 4 nitrogen and oxygen atoms in total. The van der Waals surface area contributed by atoms with Crippen molar-refractivity contribution in [3.63, 3.8) is 0 Å². The summed E-state index contributed by atoms with van der Waals surface area (Å²) >= 11 is 0. The van der Waals surface area contributed by atoms with Crippen molar-refractivity contribution in [1.29, 1.82) is 0 Å². The van der Waals surface area contributed by atoms with E-state index in [0.29, 0.717) is 11.8 Å². The van der Waals surface area contributed by atoms with Crippen molar-refractivity contribution in [3.8, 4) is 11.1 Å². The van der Waals surface area contributed by atoms with Crippen LogP contribution in [0.15, 0.2) is 54.6 Å². The van der Waals surface area contributed by atoms with Crippen LogP contribution in [0.5, 0.6) is 0 Å². The SMILES string of the molecule is OC[C@H]1CN(Cc2ccccc2-c2ccccc2)C[C@H]1CN1CCOCC1. The van der Waals surface area contributed by atoms with Gasteiger partial charge in [-0.25, -0.2) is 0 Å². The minimum atomic E-state index is 0.284. The molecule has 2 heterocycles. The van der Waals surface area contributed by atoms with Gasteiger partial charge in [0.1, 0.15) is 0 Å². The quantitative estimate of drug-likeness (QED) is 0.853. The van der Waals surface area contributed by atoms with E-state index in [2.05, 4.69) is 64.4 Å². The van der Waals surface area contributed by atoms with Crippen LogP contribution in [0.4, 0.5) is 0 Å². The lowest BCUT2D eigenvalue weighted by Gasteiger charge is -2.30. The van der Waals surface area contributed by atoms with E-state index in [1.165, 1.54) is 16.7 Å². The fourth-order valence-electron chi connectivity index (χ4n) is 4.49. The van der Waals surface area contributed by atoms with E-state index >= 15 is 0 Å². The summed E-state index contributed by atoms with van der Waals surface area (Å²) in [4.78, 5) is 5.02. The second-order valence-corrected chi connectivity index (χ2v) is 7.83. The van der Waals surface area contributed by atoms with E-state index in [0.717, 1.165) is 52.5 Å². The lowest BCUT2D eigenvalue weighted by atomic mass is 9.96. The van der Waals surface area contributed by atoms with Crippen molar-refractivity contribution in [3.05, 3.63) is 60.2 Å². The fourth-order valence-corrected chi connectivity index (χ4v) is 4.49. The molecule has 2 aliphatic rings. The highest BCUT2D eigenvalue weighted by atomic mass is 16.5. The molecule has 0 unspecified atom stereocenters. The number of likely N-dealkylation sites (tertiary alicyclic amines) is 1. The number of ether oxygens (including phenoxy) is 1. The average molecular weight is 367 g/mol. The third-order valence-electron chi connectivity index (χ3n) is 5.98. The van der Waals surface area contributed by atoms with Gasteiger partial charge < -0.3 is 9.84 Å². The summed E-state index contributed by atoms with van der Waals surface area (Å²) in [5.41, 5.74) is 3.96. The summed E-state index contributed by atoms with van der Waals surface area (Å²) in [6.45, 7) is 8.06. The van der Waals surface area contributed by atoms with Crippen molar-refractivity contribution in [2.45, 2.75) is 6.54 Å². The van der Waals surface area contributed by atoms with Crippen molar-refractivity contribution in [2.24, 2.45) is 11.8 Å². The summed E-state index contributed by atoms with van der Waals surface area (Å²) in [7, 11) is 0. The lowest BCUT2D eigenvalue weighted by Crippen LogP contribution is -2.41. The Bertz CT molecular complexity index is 715. The predicted molar refractivity (Wildman–Crippen MR) is 108 cm³/mol. The fraction of sp³-hybridized carbons (Fsp3) is 0.478. The number of hydrogen-bond donors (Lipinski definition) is 1. The van der Waals surface area contributed by atoms with Crippen LogP contribution < -0.4 is 0 Å². The summed E-state index contributed by atoms with van der Waals surface area (Å²) < 4.78 is 5.47. The number of hydrogen-bond acceptors (Lipinski definition) is 4. The zero-order valence-corrected chi connectivity index (χ0v) is 16.0. The molecule has 4 rings (SSSR count). The van der Waals surface area contributed by atoms with Gasteiger partial charge in [-0.15, -0.1) is 0 Å². The molecule has 0 aliphatic carbocycles. The molecule has 2 fully saturated rings. The van der Waals surface area contributed by atoms with Crippen molar-refractivity contribution in [1.82, 2.24) is 9.80 Å². The van der Waals surface area contributed by atoms with Gasteiger partial charge in [0.25, 0.3) is 0 Å². The smallest absolute Gasteiger partial charge is 0.0594 e. The topological polar surface area (TPSA) is 35.9 Å². The predicted octanol–water partition coefficient (Wildman–Crippen LogP) is 2.73. The molecule has 0 amide bonds. The molecular formula is C23H30N2O2. The maximum absolute atomic E-state index is 9.91. The van der Waals surface area contributed by atoms with Crippen molar-refractivity contribution >= 4 is 0 Å². The molecule has 2 saturated heterocycles. The Labute approximate surface area is 162 Å². The van der Waals surface area contributed by atoms with Crippen LogP contribution in [0.25, 0.3) is 11.1 Å². The summed E-state index contributed by atoms with van der Waals surface area (Å²) in [6.07, 6.45) is 0. The van der Waals surface area contributed by atoms with Gasteiger partial charge >= 0.3 is 0 Å².